The van der Waals surface area contributed by atoms with Crippen LogP contribution in [0.5, 0.6) is 0 Å². The van der Waals surface area contributed by atoms with E-state index in [1.165, 1.54) is 20.1 Å². The normalized spacial score (nSPS) is 48.6. The van der Waals surface area contributed by atoms with Crippen molar-refractivity contribution >= 4 is 18.0 Å². The molecule has 0 bridgehead atoms. The van der Waals surface area contributed by atoms with Gasteiger partial charge in [-0.05, 0) is 107 Å². The molecule has 29 atom stereocenters. The molecule has 4 aliphatic carbocycles. The van der Waals surface area contributed by atoms with E-state index >= 15 is 0 Å². The first kappa shape index (κ1) is 62.7. The van der Waals surface area contributed by atoms with Gasteiger partial charge in [-0.15, -0.1) is 0 Å². The Hall–Kier alpha value is -2.82. The summed E-state index contributed by atoms with van der Waals surface area (Å²) in [6.07, 6.45) is -13.0. The van der Waals surface area contributed by atoms with Gasteiger partial charge in [-0.3, -0.25) is 4.79 Å². The van der Waals surface area contributed by atoms with E-state index in [-0.39, 0.29) is 30.3 Å². The summed E-state index contributed by atoms with van der Waals surface area (Å²) in [6, 6.07) is 9.39. The van der Waals surface area contributed by atoms with Gasteiger partial charge in [0.25, 0.3) is 0 Å². The lowest BCUT2D eigenvalue weighted by Gasteiger charge is -2.67. The van der Waals surface area contributed by atoms with Crippen molar-refractivity contribution in [2.45, 2.75) is 247 Å². The van der Waals surface area contributed by atoms with Crippen LogP contribution < -0.4 is 0 Å². The van der Waals surface area contributed by atoms with Gasteiger partial charge in [0.1, 0.15) is 67.1 Å². The number of rotatable bonds is 17. The summed E-state index contributed by atoms with van der Waals surface area (Å²) < 4.78 is 81.2. The predicted molar refractivity (Wildman–Crippen MR) is 284 cm³/mol. The third kappa shape index (κ3) is 12.1. The number of carbonyl (C=O) groups is 2. The molecule has 7 N–H and O–H groups in total. The zero-order chi connectivity index (χ0) is 58.5. The van der Waals surface area contributed by atoms with Crippen LogP contribution in [-0.4, -0.2) is 216 Å². The van der Waals surface area contributed by atoms with Gasteiger partial charge < -0.3 is 97.3 Å². The van der Waals surface area contributed by atoms with Crippen LogP contribution in [0.25, 0.3) is 6.08 Å². The predicted octanol–water partition coefficient (Wildman–Crippen LogP) is 2.68. The van der Waals surface area contributed by atoms with Crippen molar-refractivity contribution in [1.29, 1.82) is 0 Å². The summed E-state index contributed by atoms with van der Waals surface area (Å²) in [5, 5.41) is 77.0. The highest BCUT2D eigenvalue weighted by Crippen LogP contribution is 2.70. The smallest absolute Gasteiger partial charge is 0.331 e. The van der Waals surface area contributed by atoms with E-state index in [1.54, 1.807) is 41.1 Å². The van der Waals surface area contributed by atoms with Crippen LogP contribution in [0, 0.1) is 34.5 Å². The molecule has 0 amide bonds. The number of carbonyl (C=O) groups excluding carboxylic acids is 2. The van der Waals surface area contributed by atoms with Gasteiger partial charge in [0.15, 0.2) is 25.2 Å². The lowest BCUT2D eigenvalue weighted by molar-refractivity contribution is -0.373. The summed E-state index contributed by atoms with van der Waals surface area (Å²) >= 11 is 0. The number of fused-ring (bicyclic) bond motifs is 5. The van der Waals surface area contributed by atoms with E-state index in [4.69, 9.17) is 61.6 Å². The second-order valence-corrected chi connectivity index (χ2v) is 24.7. The van der Waals surface area contributed by atoms with Gasteiger partial charge >= 0.3 is 11.9 Å². The molecule has 22 heteroatoms. The number of hydrogen-bond donors (Lipinski definition) is 7. The molecule has 29 unspecified atom stereocenters. The summed E-state index contributed by atoms with van der Waals surface area (Å²) in [6.45, 7) is 11.9. The van der Waals surface area contributed by atoms with Crippen LogP contribution in [0.4, 0.5) is 0 Å². The van der Waals surface area contributed by atoms with Crippen molar-refractivity contribution in [3.63, 3.8) is 0 Å². The molecule has 4 heterocycles. The lowest BCUT2D eigenvalue weighted by Crippen LogP contribution is -2.73. The third-order valence-corrected chi connectivity index (χ3v) is 20.2. The van der Waals surface area contributed by atoms with Gasteiger partial charge in [-0.2, -0.15) is 0 Å². The molecule has 1 aromatic rings. The number of aliphatic hydroxyl groups is 7. The summed E-state index contributed by atoms with van der Waals surface area (Å²) in [7, 11) is 4.53. The highest BCUT2D eigenvalue weighted by Gasteiger charge is 2.76. The van der Waals surface area contributed by atoms with Crippen molar-refractivity contribution < 1.29 is 107 Å². The van der Waals surface area contributed by atoms with E-state index in [1.807, 2.05) is 44.2 Å². The van der Waals surface area contributed by atoms with Gasteiger partial charge in [0.2, 0.25) is 0 Å². The molecule has 458 valence electrons. The molecule has 1 aromatic carbocycles. The van der Waals surface area contributed by atoms with E-state index in [9.17, 15) is 45.3 Å². The maximum absolute atomic E-state index is 13.9. The molecule has 81 heavy (non-hydrogen) atoms. The van der Waals surface area contributed by atoms with Crippen LogP contribution in [0.3, 0.4) is 0 Å². The minimum Gasteiger partial charge on any atom is -0.458 e. The maximum Gasteiger partial charge on any atom is 0.331 e. The average molecular weight is 1150 g/mol. The maximum atomic E-state index is 13.9. The van der Waals surface area contributed by atoms with Gasteiger partial charge in [-0.25, -0.2) is 4.79 Å². The number of methoxy groups -OCH3 is 3. The molecule has 4 aliphatic heterocycles. The monoisotopic (exact) mass is 1150 g/mol. The molecular weight excluding hydrogens is 1060 g/mol. The van der Waals surface area contributed by atoms with Gasteiger partial charge in [0, 0.05) is 58.5 Å². The van der Waals surface area contributed by atoms with Crippen LogP contribution in [0.1, 0.15) is 112 Å². The first-order valence-electron chi connectivity index (χ1n) is 29.2. The second kappa shape index (κ2) is 25.6. The second-order valence-electron chi connectivity index (χ2n) is 24.7. The molecule has 9 rings (SSSR count). The number of ether oxygens (including phenoxy) is 13. The molecule has 4 saturated carbocycles. The Morgan fingerprint density at radius 1 is 0.691 bits per heavy atom. The quantitative estimate of drug-likeness (QED) is 0.0670. The Bertz CT molecular complexity index is 2270. The lowest BCUT2D eigenvalue weighted by atomic mass is 9.41. The standard InChI is InChI=1S/C59H90O22/c1-28(61)36-21-23-59(68)37-18-17-34-24-35(20-22-57(34,6)44(37)52(75-32(5)62)54(58(36,59)7)78-41(63)19-16-33-14-12-11-13-15-33)76-42-25-38(69-8)49(29(2)72-42)79-43-26-39(70-9)50(30(3)73-43)80-56-48(67)53(71-10)51(31(4)74-56)81-55-47(66)46(65)45(64)40(27-60)77-55/h11-16,19,28-31,34-40,42-56,60-61,64-68H,17-18,20-27H2,1-10H3. The topological polar surface area (TPSA) is 296 Å². The van der Waals surface area contributed by atoms with Crippen molar-refractivity contribution in [2.75, 3.05) is 27.9 Å². The van der Waals surface area contributed by atoms with Crippen LogP contribution in [-0.2, 0) is 71.2 Å². The minimum absolute atomic E-state index is 0.0998. The molecular formula is C59H90O22. The fraction of sp³-hybridized carbons (Fsp3) is 0.831. The number of hydrogen-bond acceptors (Lipinski definition) is 22. The molecule has 8 fully saturated rings. The Morgan fingerprint density at radius 3 is 1.93 bits per heavy atom. The van der Waals surface area contributed by atoms with E-state index in [0.717, 1.165) is 12.0 Å². The minimum atomic E-state index is -1.68. The molecule has 0 radical (unpaired) electrons. The van der Waals surface area contributed by atoms with Gasteiger partial charge in [0.05, 0.1) is 54.9 Å². The average Bonchev–Trinajstić information content (AvgIpc) is 3.69. The van der Waals surface area contributed by atoms with Crippen LogP contribution >= 0.6 is 0 Å². The van der Waals surface area contributed by atoms with E-state index in [0.29, 0.717) is 44.9 Å². The molecule has 0 spiro atoms. The Labute approximate surface area is 474 Å². The Balaban J connectivity index is 0.824. The largest absolute Gasteiger partial charge is 0.458 e. The first-order chi connectivity index (χ1) is 38.5. The Kier molecular flexibility index (Phi) is 19.8. The number of aliphatic hydroxyl groups excluding tert-OH is 6. The SMILES string of the molecule is COC1CC(OC2CCC3(C)C(CCC4C3C(OC(C)=O)C(OC(=O)C=Cc3ccccc3)C3(C)C(C(C)O)CCC43O)C2)OC(C)C1OC1CC(OC)C(OC2OC(C)C(OC3OC(CO)C(O)C(O)C3O)C(OC)C2O)C(C)O1. The summed E-state index contributed by atoms with van der Waals surface area (Å²) in [5.74, 6) is -2.11. The highest BCUT2D eigenvalue weighted by molar-refractivity contribution is 5.87. The van der Waals surface area contributed by atoms with Crippen LogP contribution in [0.2, 0.25) is 0 Å². The van der Waals surface area contributed by atoms with E-state index < -0.39 is 170 Å². The van der Waals surface area contributed by atoms with Crippen molar-refractivity contribution in [3.05, 3.63) is 42.0 Å². The zero-order valence-corrected chi connectivity index (χ0v) is 48.4. The summed E-state index contributed by atoms with van der Waals surface area (Å²) in [5.41, 5.74) is -2.08. The summed E-state index contributed by atoms with van der Waals surface area (Å²) in [4.78, 5) is 27.1. The fourth-order valence-electron chi connectivity index (χ4n) is 16.0. The third-order valence-electron chi connectivity index (χ3n) is 20.2. The molecule has 8 aliphatic rings. The molecule has 4 saturated heterocycles. The molecule has 22 nitrogen and oxygen atoms in total. The van der Waals surface area contributed by atoms with Crippen molar-refractivity contribution in [1.82, 2.24) is 0 Å². The van der Waals surface area contributed by atoms with Gasteiger partial charge in [-0.1, -0.05) is 44.2 Å². The highest BCUT2D eigenvalue weighted by atomic mass is 16.8. The number of esters is 2. The van der Waals surface area contributed by atoms with Crippen LogP contribution in [0.15, 0.2) is 36.4 Å². The van der Waals surface area contributed by atoms with Crippen molar-refractivity contribution in [2.24, 2.45) is 34.5 Å². The molecule has 0 aromatic heterocycles. The fourth-order valence-corrected chi connectivity index (χ4v) is 16.0. The zero-order valence-electron chi connectivity index (χ0n) is 48.4. The first-order valence-corrected chi connectivity index (χ1v) is 29.2. The van der Waals surface area contributed by atoms with Crippen molar-refractivity contribution in [3.8, 4) is 0 Å². The number of benzene rings is 1. The van der Waals surface area contributed by atoms with E-state index in [2.05, 4.69) is 6.92 Å². The Morgan fingerprint density at radius 2 is 1.31 bits per heavy atom.